The van der Waals surface area contributed by atoms with Crippen LogP contribution in [0, 0.1) is 5.82 Å². The van der Waals surface area contributed by atoms with Gasteiger partial charge in [0, 0.05) is 5.56 Å². The molecule has 2 aromatic heterocycles. The van der Waals surface area contributed by atoms with E-state index in [1.54, 1.807) is 12.1 Å². The third kappa shape index (κ3) is 2.67. The molecule has 5 heteroatoms. The number of thiazole rings is 1. The number of pyridine rings is 1. The average molecular weight is 374 g/mol. The summed E-state index contributed by atoms with van der Waals surface area (Å²) in [7, 11) is 0. The fourth-order valence-corrected chi connectivity index (χ4v) is 4.27. The summed E-state index contributed by atoms with van der Waals surface area (Å²) in [5.74, 6) is -0.384. The van der Waals surface area contributed by atoms with Gasteiger partial charge in [-0.05, 0) is 35.4 Å². The van der Waals surface area contributed by atoms with Crippen molar-refractivity contribution in [2.45, 2.75) is 12.0 Å². The summed E-state index contributed by atoms with van der Waals surface area (Å²) in [6.07, 6.45) is 4.29. The van der Waals surface area contributed by atoms with E-state index >= 15 is 0 Å². The Kier molecular flexibility index (Phi) is 3.67. The van der Waals surface area contributed by atoms with E-state index < -0.39 is 0 Å². The monoisotopic (exact) mass is 374 g/mol. The molecule has 0 atom stereocenters. The van der Waals surface area contributed by atoms with Gasteiger partial charge < -0.3 is 5.11 Å². The molecule has 0 aliphatic heterocycles. The van der Waals surface area contributed by atoms with Crippen LogP contribution in [0.1, 0.15) is 16.8 Å². The molecule has 27 heavy (non-hydrogen) atoms. The van der Waals surface area contributed by atoms with Gasteiger partial charge in [-0.3, -0.25) is 0 Å². The highest BCUT2D eigenvalue weighted by Crippen LogP contribution is 2.45. The summed E-state index contributed by atoms with van der Waals surface area (Å²) in [6.45, 7) is -0.184. The molecular weight excluding hydrogens is 359 g/mol. The normalized spacial score (nSPS) is 14.6. The summed E-state index contributed by atoms with van der Waals surface area (Å²) in [4.78, 5) is 10.2. The standard InChI is InChI=1S/C22H15FN2OS/c23-17-12-14(13-26)6-7-16(17)20-24-18-8-9-19(25-21(18)27-20)22(10-11-22)15-4-2-1-3-5-15/h1-12,26H,13H2. The quantitative estimate of drug-likeness (QED) is 0.520. The first-order valence-corrected chi connectivity index (χ1v) is 9.45. The molecule has 132 valence electrons. The fraction of sp³-hybridized carbons (Fsp3) is 0.0909. The molecule has 2 heterocycles. The molecule has 0 saturated heterocycles. The molecule has 0 bridgehead atoms. The molecule has 1 N–H and O–H groups in total. The van der Waals surface area contributed by atoms with Crippen LogP contribution < -0.4 is 0 Å². The predicted octanol–water partition coefficient (Wildman–Crippen LogP) is 4.85. The number of nitrogens with zero attached hydrogens (tertiary/aromatic N) is 2. The van der Waals surface area contributed by atoms with Gasteiger partial charge in [-0.2, -0.15) is 0 Å². The maximum absolute atomic E-state index is 14.4. The third-order valence-electron chi connectivity index (χ3n) is 4.88. The maximum Gasteiger partial charge on any atom is 0.144 e. The lowest BCUT2D eigenvalue weighted by Crippen LogP contribution is -2.12. The van der Waals surface area contributed by atoms with Gasteiger partial charge in [-0.25, -0.2) is 14.4 Å². The van der Waals surface area contributed by atoms with Crippen molar-refractivity contribution >= 4 is 21.7 Å². The largest absolute Gasteiger partial charge is 0.392 e. The molecule has 0 fully saturated rings. The Balaban J connectivity index is 1.57. The van der Waals surface area contributed by atoms with E-state index in [9.17, 15) is 4.39 Å². The van der Waals surface area contributed by atoms with Gasteiger partial charge in [0.1, 0.15) is 21.2 Å². The smallest absolute Gasteiger partial charge is 0.144 e. The zero-order chi connectivity index (χ0) is 18.4. The van der Waals surface area contributed by atoms with Crippen molar-refractivity contribution in [2.24, 2.45) is 0 Å². The first kappa shape index (κ1) is 16.3. The summed E-state index contributed by atoms with van der Waals surface area (Å²) >= 11 is 1.38. The van der Waals surface area contributed by atoms with Crippen LogP contribution in [0.5, 0.6) is 0 Å². The van der Waals surface area contributed by atoms with Crippen LogP contribution in [-0.2, 0) is 12.0 Å². The van der Waals surface area contributed by atoms with Crippen LogP contribution in [0.4, 0.5) is 4.39 Å². The maximum atomic E-state index is 14.4. The number of hydrogen-bond donors (Lipinski definition) is 1. The molecule has 0 radical (unpaired) electrons. The molecule has 1 aliphatic carbocycles. The Labute approximate surface area is 159 Å². The molecule has 0 spiro atoms. The van der Waals surface area contributed by atoms with Crippen LogP contribution in [0.25, 0.3) is 20.9 Å². The molecular formula is C22H15FN2OS. The second-order valence-corrected chi connectivity index (χ2v) is 7.56. The van der Waals surface area contributed by atoms with Gasteiger partial charge in [-0.1, -0.05) is 59.9 Å². The van der Waals surface area contributed by atoms with E-state index in [-0.39, 0.29) is 17.8 Å². The highest BCUT2D eigenvalue weighted by Gasteiger charge is 2.39. The molecule has 2 aromatic carbocycles. The topological polar surface area (TPSA) is 46.0 Å². The van der Waals surface area contributed by atoms with Gasteiger partial charge >= 0.3 is 0 Å². The number of aliphatic hydroxyl groups excluding tert-OH is 1. The second-order valence-electron chi connectivity index (χ2n) is 6.58. The lowest BCUT2D eigenvalue weighted by Gasteiger charge is -2.15. The van der Waals surface area contributed by atoms with Gasteiger partial charge in [0.25, 0.3) is 0 Å². The Bertz CT molecular complexity index is 1180. The van der Waals surface area contributed by atoms with Crippen molar-refractivity contribution < 1.29 is 9.50 Å². The van der Waals surface area contributed by atoms with Gasteiger partial charge in [0.05, 0.1) is 17.7 Å². The molecule has 0 saturated carbocycles. The number of aromatic nitrogens is 2. The first-order valence-electron chi connectivity index (χ1n) is 8.63. The number of fused-ring (bicyclic) bond motifs is 1. The van der Waals surface area contributed by atoms with Crippen LogP contribution in [0.15, 0.2) is 72.8 Å². The molecule has 0 unspecified atom stereocenters. The minimum absolute atomic E-state index is 0.184. The zero-order valence-corrected chi connectivity index (χ0v) is 15.1. The van der Waals surface area contributed by atoms with Crippen molar-refractivity contribution in [3.05, 3.63) is 95.5 Å². The average Bonchev–Trinajstić information content (AvgIpc) is 3.41. The fourth-order valence-electron chi connectivity index (χ4n) is 3.30. The number of benzene rings is 2. The van der Waals surface area contributed by atoms with E-state index in [1.807, 2.05) is 30.3 Å². The van der Waals surface area contributed by atoms with Gasteiger partial charge in [-0.15, -0.1) is 0 Å². The van der Waals surface area contributed by atoms with Crippen molar-refractivity contribution in [3.8, 4) is 10.6 Å². The summed E-state index contributed by atoms with van der Waals surface area (Å²) in [6, 6.07) is 18.9. The number of hydrogen-bond acceptors (Lipinski definition) is 4. The van der Waals surface area contributed by atoms with E-state index in [2.05, 4.69) is 29.3 Å². The number of rotatable bonds is 4. The van der Waals surface area contributed by atoms with E-state index in [1.165, 1.54) is 23.0 Å². The number of aliphatic hydroxyl groups is 1. The minimum atomic E-state index is -0.384. The summed E-state index contributed by atoms with van der Waals surface area (Å²) < 4.78 is 14.4. The Morgan fingerprint density at radius 3 is 2.48 bits per heavy atom. The molecule has 1 aliphatic rings. The van der Waals surface area contributed by atoms with Crippen molar-refractivity contribution in [3.63, 3.8) is 0 Å². The van der Waals surface area contributed by atoms with Crippen molar-refractivity contribution in [1.29, 1.82) is 0 Å². The predicted molar refractivity (Wildman–Crippen MR) is 105 cm³/mol. The Morgan fingerprint density at radius 1 is 0.963 bits per heavy atom. The molecule has 5 rings (SSSR count). The highest BCUT2D eigenvalue weighted by molar-refractivity contribution is 7.21. The number of allylic oxidation sites excluding steroid dienone is 2. The van der Waals surface area contributed by atoms with Crippen LogP contribution in [0.2, 0.25) is 0 Å². The number of halogens is 1. The van der Waals surface area contributed by atoms with E-state index in [0.717, 1.165) is 16.0 Å². The highest BCUT2D eigenvalue weighted by atomic mass is 32.1. The van der Waals surface area contributed by atoms with Crippen molar-refractivity contribution in [1.82, 2.24) is 9.97 Å². The SMILES string of the molecule is OCc1ccc(-c2nc3ccc(C4(c5ccccc5)C=C4)nc3s2)c(F)c1. The van der Waals surface area contributed by atoms with Crippen LogP contribution >= 0.6 is 11.3 Å². The second kappa shape index (κ2) is 6.08. The lowest BCUT2D eigenvalue weighted by atomic mass is 9.89. The minimum Gasteiger partial charge on any atom is -0.392 e. The third-order valence-corrected chi connectivity index (χ3v) is 5.88. The van der Waals surface area contributed by atoms with Gasteiger partial charge in [0.2, 0.25) is 0 Å². The first-order chi connectivity index (χ1) is 13.2. The van der Waals surface area contributed by atoms with Crippen molar-refractivity contribution in [2.75, 3.05) is 0 Å². The Hall–Kier alpha value is -2.89. The Morgan fingerprint density at radius 2 is 1.78 bits per heavy atom. The molecule has 4 aromatic rings. The lowest BCUT2D eigenvalue weighted by molar-refractivity contribution is 0.281. The van der Waals surface area contributed by atoms with Crippen LogP contribution in [-0.4, -0.2) is 15.1 Å². The van der Waals surface area contributed by atoms with Gasteiger partial charge in [0.15, 0.2) is 0 Å². The van der Waals surface area contributed by atoms with Crippen LogP contribution in [0.3, 0.4) is 0 Å². The van der Waals surface area contributed by atoms with E-state index in [0.29, 0.717) is 16.1 Å². The summed E-state index contributed by atoms with van der Waals surface area (Å²) in [5.41, 5.74) is 3.63. The van der Waals surface area contributed by atoms with E-state index in [4.69, 9.17) is 10.1 Å². The molecule has 0 amide bonds. The summed E-state index contributed by atoms with van der Waals surface area (Å²) in [5, 5.41) is 9.74. The zero-order valence-electron chi connectivity index (χ0n) is 14.3. The molecule has 3 nitrogen and oxygen atoms in total.